The van der Waals surface area contributed by atoms with E-state index in [0.717, 1.165) is 31.5 Å². The predicted molar refractivity (Wildman–Crippen MR) is 143 cm³/mol. The monoisotopic (exact) mass is 525 g/mol. The van der Waals surface area contributed by atoms with Crippen LogP contribution in [0.25, 0.3) is 0 Å². The van der Waals surface area contributed by atoms with Gasteiger partial charge in [-0.25, -0.2) is 4.98 Å². The number of carbonyl (C=O) groups is 3. The molecule has 0 spiro atoms. The second-order valence-electron chi connectivity index (χ2n) is 9.60. The van der Waals surface area contributed by atoms with E-state index < -0.39 is 12.0 Å². The molecule has 4 rings (SSSR count). The van der Waals surface area contributed by atoms with E-state index in [0.29, 0.717) is 35.1 Å². The lowest BCUT2D eigenvalue weighted by atomic mass is 10.0. The number of hydrogen-bond acceptors (Lipinski definition) is 9. The molecule has 1 fully saturated rings. The Morgan fingerprint density at radius 2 is 2.03 bits per heavy atom. The standard InChI is InChI=1S/C26H35N7O5/c1-4-19-24(35)32(2)20-14-29-26(31-22(20)33(19)16-7-5-6-8-16)30-18-10-9-15(13-21(18)38-3)23(34)28-12-11-17(27)25(36)37/h9-10,13-14,16-17,19H,4-8,11-12,27H2,1-3H3,(H,28,34)(H,36,37)(H,29,30,31)/t17-,19+/m0/s1. The van der Waals surface area contributed by atoms with E-state index in [4.69, 9.17) is 20.6 Å². The molecular formula is C26H35N7O5. The van der Waals surface area contributed by atoms with Gasteiger partial charge in [0.2, 0.25) is 11.9 Å². The summed E-state index contributed by atoms with van der Waals surface area (Å²) in [7, 11) is 3.25. The molecule has 0 unspecified atom stereocenters. The fourth-order valence-corrected chi connectivity index (χ4v) is 5.07. The van der Waals surface area contributed by atoms with Gasteiger partial charge < -0.3 is 36.0 Å². The quantitative estimate of drug-likeness (QED) is 0.362. The number of fused-ring (bicyclic) bond motifs is 1. The largest absolute Gasteiger partial charge is 0.495 e. The third kappa shape index (κ3) is 5.49. The van der Waals surface area contributed by atoms with Crippen LogP contribution in [0.5, 0.6) is 5.75 Å². The van der Waals surface area contributed by atoms with Crippen molar-refractivity contribution in [3.8, 4) is 5.75 Å². The van der Waals surface area contributed by atoms with Gasteiger partial charge in [-0.2, -0.15) is 4.98 Å². The zero-order valence-electron chi connectivity index (χ0n) is 21.9. The Bertz CT molecular complexity index is 1200. The maximum absolute atomic E-state index is 13.1. The maximum Gasteiger partial charge on any atom is 0.320 e. The summed E-state index contributed by atoms with van der Waals surface area (Å²) in [6.07, 6.45) is 6.79. The zero-order valence-corrected chi connectivity index (χ0v) is 21.9. The number of anilines is 4. The topological polar surface area (TPSA) is 163 Å². The summed E-state index contributed by atoms with van der Waals surface area (Å²) in [5, 5.41) is 14.7. The predicted octanol–water partition coefficient (Wildman–Crippen LogP) is 2.26. The van der Waals surface area contributed by atoms with Gasteiger partial charge in [0.25, 0.3) is 5.91 Å². The first-order valence-electron chi connectivity index (χ1n) is 12.9. The van der Waals surface area contributed by atoms with Crippen LogP contribution in [-0.4, -0.2) is 71.7 Å². The molecule has 1 aromatic heterocycles. The number of likely N-dealkylation sites (N-methyl/N-ethyl adjacent to an activating group) is 1. The number of carboxylic acids is 1. The van der Waals surface area contributed by atoms with Gasteiger partial charge in [0.15, 0.2) is 5.82 Å². The molecule has 12 heteroatoms. The molecule has 1 aromatic carbocycles. The Labute approximate surface area is 221 Å². The second-order valence-corrected chi connectivity index (χ2v) is 9.60. The van der Waals surface area contributed by atoms with Crippen molar-refractivity contribution >= 4 is 40.9 Å². The number of amides is 2. The normalized spacial score (nSPS) is 18.2. The molecule has 2 atom stereocenters. The number of aromatic nitrogens is 2. The first-order chi connectivity index (χ1) is 18.2. The number of rotatable bonds is 10. The molecule has 38 heavy (non-hydrogen) atoms. The van der Waals surface area contributed by atoms with E-state index in [2.05, 4.69) is 20.5 Å². The van der Waals surface area contributed by atoms with E-state index in [1.165, 1.54) is 7.11 Å². The number of nitrogens with two attached hydrogens (primary N) is 1. The van der Waals surface area contributed by atoms with E-state index in [-0.39, 0.29) is 36.9 Å². The summed E-state index contributed by atoms with van der Waals surface area (Å²) in [4.78, 5) is 49.6. The molecule has 5 N–H and O–H groups in total. The van der Waals surface area contributed by atoms with Gasteiger partial charge in [-0.3, -0.25) is 14.4 Å². The second kappa shape index (κ2) is 11.6. The van der Waals surface area contributed by atoms with Crippen LogP contribution in [0, 0.1) is 0 Å². The number of nitrogens with zero attached hydrogens (tertiary/aromatic N) is 4. The molecule has 2 aromatic rings. The average Bonchev–Trinajstić information content (AvgIpc) is 3.45. The van der Waals surface area contributed by atoms with Gasteiger partial charge in [0.05, 0.1) is 19.0 Å². The van der Waals surface area contributed by atoms with Gasteiger partial charge in [0.1, 0.15) is 23.5 Å². The van der Waals surface area contributed by atoms with Gasteiger partial charge >= 0.3 is 5.97 Å². The fraction of sp³-hybridized carbons (Fsp3) is 0.500. The maximum atomic E-state index is 13.1. The Hall–Kier alpha value is -3.93. The minimum Gasteiger partial charge on any atom is -0.495 e. The highest BCUT2D eigenvalue weighted by molar-refractivity contribution is 6.04. The SMILES string of the molecule is CC[C@@H]1C(=O)N(C)c2cnc(Nc3ccc(C(=O)NCC[C@H](N)C(=O)O)cc3OC)nc2N1C1CCCC1. The van der Waals surface area contributed by atoms with Crippen LogP contribution in [-0.2, 0) is 9.59 Å². The number of methoxy groups -OCH3 is 1. The number of ether oxygens (including phenoxy) is 1. The summed E-state index contributed by atoms with van der Waals surface area (Å²) in [5.74, 6) is 0.0585. The molecule has 204 valence electrons. The molecule has 2 aliphatic rings. The smallest absolute Gasteiger partial charge is 0.320 e. The number of aliphatic carboxylic acids is 1. The highest BCUT2D eigenvalue weighted by Gasteiger charge is 2.41. The van der Waals surface area contributed by atoms with Crippen molar-refractivity contribution in [2.24, 2.45) is 5.73 Å². The minimum absolute atomic E-state index is 0.0525. The molecule has 0 bridgehead atoms. The van der Waals surface area contributed by atoms with Crippen molar-refractivity contribution in [2.45, 2.75) is 63.6 Å². The van der Waals surface area contributed by atoms with Gasteiger partial charge in [-0.05, 0) is 43.9 Å². The van der Waals surface area contributed by atoms with Gasteiger partial charge in [0, 0.05) is 25.2 Å². The fourth-order valence-electron chi connectivity index (χ4n) is 5.07. The Kier molecular flexibility index (Phi) is 8.30. The first kappa shape index (κ1) is 27.1. The lowest BCUT2D eigenvalue weighted by molar-refractivity contribution is -0.138. The molecule has 0 radical (unpaired) electrons. The van der Waals surface area contributed by atoms with E-state index >= 15 is 0 Å². The highest BCUT2D eigenvalue weighted by atomic mass is 16.5. The van der Waals surface area contributed by atoms with Crippen molar-refractivity contribution in [1.82, 2.24) is 15.3 Å². The Morgan fingerprint density at radius 1 is 1.29 bits per heavy atom. The third-order valence-electron chi connectivity index (χ3n) is 7.18. The zero-order chi connectivity index (χ0) is 27.4. The van der Waals surface area contributed by atoms with Gasteiger partial charge in [-0.1, -0.05) is 19.8 Å². The summed E-state index contributed by atoms with van der Waals surface area (Å²) in [6.45, 7) is 2.15. The summed E-state index contributed by atoms with van der Waals surface area (Å²) < 4.78 is 5.50. The van der Waals surface area contributed by atoms with Crippen LogP contribution in [0.4, 0.5) is 23.1 Å². The summed E-state index contributed by atoms with van der Waals surface area (Å²) in [6, 6.07) is 3.85. The molecule has 0 saturated heterocycles. The Balaban J connectivity index is 1.55. The van der Waals surface area contributed by atoms with Crippen LogP contribution in [0.2, 0.25) is 0 Å². The van der Waals surface area contributed by atoms with Gasteiger partial charge in [-0.15, -0.1) is 0 Å². The van der Waals surface area contributed by atoms with Crippen molar-refractivity contribution in [1.29, 1.82) is 0 Å². The van der Waals surface area contributed by atoms with Crippen molar-refractivity contribution < 1.29 is 24.2 Å². The van der Waals surface area contributed by atoms with Crippen LogP contribution in [0.3, 0.4) is 0 Å². The first-order valence-corrected chi connectivity index (χ1v) is 12.9. The highest BCUT2D eigenvalue weighted by Crippen LogP contribution is 2.40. The molecule has 2 heterocycles. The van der Waals surface area contributed by atoms with E-state index in [1.54, 1.807) is 36.3 Å². The Morgan fingerprint density at radius 3 is 2.68 bits per heavy atom. The van der Waals surface area contributed by atoms with Crippen LogP contribution >= 0.6 is 0 Å². The van der Waals surface area contributed by atoms with Crippen LogP contribution < -0.4 is 30.9 Å². The molecular weight excluding hydrogens is 490 g/mol. The third-order valence-corrected chi connectivity index (χ3v) is 7.18. The number of hydrogen-bond donors (Lipinski definition) is 4. The molecule has 1 aliphatic carbocycles. The van der Waals surface area contributed by atoms with Crippen molar-refractivity contribution in [3.63, 3.8) is 0 Å². The lowest BCUT2D eigenvalue weighted by Crippen LogP contribution is -2.55. The van der Waals surface area contributed by atoms with Crippen LogP contribution in [0.1, 0.15) is 55.8 Å². The number of nitrogens with one attached hydrogen (secondary N) is 2. The molecule has 1 aliphatic heterocycles. The molecule has 2 amide bonds. The average molecular weight is 526 g/mol. The van der Waals surface area contributed by atoms with Crippen LogP contribution in [0.15, 0.2) is 24.4 Å². The van der Waals surface area contributed by atoms with Crippen molar-refractivity contribution in [2.75, 3.05) is 35.8 Å². The number of carboxylic acid groups (broad SMARTS) is 1. The number of carbonyl (C=O) groups excluding carboxylic acids is 2. The number of benzene rings is 1. The van der Waals surface area contributed by atoms with E-state index in [1.807, 2.05) is 6.92 Å². The summed E-state index contributed by atoms with van der Waals surface area (Å²) >= 11 is 0. The lowest BCUT2D eigenvalue weighted by Gasteiger charge is -2.43. The molecule has 12 nitrogen and oxygen atoms in total. The minimum atomic E-state index is -1.12. The summed E-state index contributed by atoms with van der Waals surface area (Å²) in [5.41, 5.74) is 7.08. The van der Waals surface area contributed by atoms with Crippen molar-refractivity contribution in [3.05, 3.63) is 30.0 Å². The van der Waals surface area contributed by atoms with E-state index in [9.17, 15) is 14.4 Å². The molecule has 1 saturated carbocycles.